The van der Waals surface area contributed by atoms with Crippen LogP contribution in [0.2, 0.25) is 0 Å². The van der Waals surface area contributed by atoms with Crippen molar-refractivity contribution >= 4 is 0 Å². The molecular weight excluding hydrogens is 238 g/mol. The summed E-state index contributed by atoms with van der Waals surface area (Å²) >= 11 is 0. The van der Waals surface area contributed by atoms with Gasteiger partial charge in [-0.1, -0.05) is 25.0 Å². The molecule has 0 unspecified atom stereocenters. The highest BCUT2D eigenvalue weighted by Gasteiger charge is 2.40. The molecule has 19 heavy (non-hydrogen) atoms. The highest BCUT2D eigenvalue weighted by molar-refractivity contribution is 5.33. The second-order valence-electron chi connectivity index (χ2n) is 5.44. The number of hydrogen-bond donors (Lipinski definition) is 1. The molecule has 1 N–H and O–H groups in total. The zero-order valence-corrected chi connectivity index (χ0v) is 12.0. The Morgan fingerprint density at radius 2 is 2.37 bits per heavy atom. The number of nitrogens with zero attached hydrogens (tertiary/aromatic N) is 1. The lowest BCUT2D eigenvalue weighted by atomic mass is 9.71. The van der Waals surface area contributed by atoms with Gasteiger partial charge in [0.1, 0.15) is 5.75 Å². The predicted octanol–water partition coefficient (Wildman–Crippen LogP) is 2.63. The minimum absolute atomic E-state index is 0.409. The second kappa shape index (κ2) is 5.93. The van der Waals surface area contributed by atoms with Crippen molar-refractivity contribution in [3.8, 4) is 5.75 Å². The van der Waals surface area contributed by atoms with Crippen LogP contribution >= 0.6 is 0 Å². The van der Waals surface area contributed by atoms with Crippen LogP contribution in [0.15, 0.2) is 24.3 Å². The Kier molecular flexibility index (Phi) is 3.34. The van der Waals surface area contributed by atoms with Crippen molar-refractivity contribution in [2.24, 2.45) is 5.92 Å². The van der Waals surface area contributed by atoms with Crippen LogP contribution in [-0.2, 0) is 5.60 Å². The Balaban J connectivity index is 2.51. The summed E-state index contributed by atoms with van der Waals surface area (Å²) < 4.78 is 30.0. The Labute approximate surface area is 120 Å². The summed E-state index contributed by atoms with van der Waals surface area (Å²) in [6.07, 6.45) is 3.21. The van der Waals surface area contributed by atoms with E-state index in [1.807, 2.05) is 24.3 Å². The number of rotatable bonds is 5. The number of benzene rings is 1. The minimum atomic E-state index is -1.55. The Hall–Kier alpha value is -1.06. The molecule has 3 heteroatoms. The van der Waals surface area contributed by atoms with E-state index < -0.39 is 18.0 Å². The Morgan fingerprint density at radius 3 is 3.05 bits per heavy atom. The fourth-order valence-electron chi connectivity index (χ4n) is 2.86. The molecule has 0 spiro atoms. The molecule has 0 saturated heterocycles. The van der Waals surface area contributed by atoms with Gasteiger partial charge in [-0.25, -0.2) is 0 Å². The fourth-order valence-corrected chi connectivity index (χ4v) is 2.86. The maximum Gasteiger partial charge on any atom is 0.211 e. The summed E-state index contributed by atoms with van der Waals surface area (Å²) in [7, 11) is 5.06. The smallest absolute Gasteiger partial charge is 0.211 e. The lowest BCUT2D eigenvalue weighted by Crippen LogP contribution is -2.43. The van der Waals surface area contributed by atoms with Crippen LogP contribution in [0.5, 0.6) is 5.75 Å². The van der Waals surface area contributed by atoms with Gasteiger partial charge in [0, 0.05) is 15.2 Å². The van der Waals surface area contributed by atoms with Gasteiger partial charge in [-0.3, -0.25) is 0 Å². The molecule has 1 fully saturated rings. The third-order valence-corrected chi connectivity index (χ3v) is 3.83. The first-order valence-electron chi connectivity index (χ1n) is 8.25. The first-order valence-corrected chi connectivity index (χ1v) is 6.85. The fraction of sp³-hybridized carbons (Fsp3) is 0.625. The van der Waals surface area contributed by atoms with Crippen LogP contribution in [0.4, 0.5) is 0 Å². The maximum absolute atomic E-state index is 8.48. The molecule has 106 valence electrons. The molecule has 1 aromatic rings. The van der Waals surface area contributed by atoms with Crippen molar-refractivity contribution in [3.63, 3.8) is 0 Å². The molecule has 1 aromatic carbocycles. The number of hydrogen-bond acceptors (Lipinski definition) is 3. The van der Waals surface area contributed by atoms with E-state index in [9.17, 15) is 0 Å². The third-order valence-electron chi connectivity index (χ3n) is 3.83. The van der Waals surface area contributed by atoms with Crippen molar-refractivity contribution in [3.05, 3.63) is 29.8 Å². The molecule has 0 bridgehead atoms. The van der Waals surface area contributed by atoms with E-state index in [1.165, 1.54) is 0 Å². The van der Waals surface area contributed by atoms with E-state index in [4.69, 9.17) is 14.0 Å². The average Bonchev–Trinajstić information content (AvgIpc) is 2.54. The summed E-state index contributed by atoms with van der Waals surface area (Å²) in [4.78, 5) is 1.58. The summed E-state index contributed by atoms with van der Waals surface area (Å²) in [5, 5.41) is 5.24. The molecular formula is C16H25NO2. The molecule has 3 nitrogen and oxygen atoms in total. The van der Waals surface area contributed by atoms with Gasteiger partial charge in [0.15, 0.2) is 0 Å². The predicted molar refractivity (Wildman–Crippen MR) is 77.4 cm³/mol. The van der Waals surface area contributed by atoms with Crippen LogP contribution in [0.25, 0.3) is 0 Å². The van der Waals surface area contributed by atoms with Gasteiger partial charge in [-0.15, -0.1) is 0 Å². The summed E-state index contributed by atoms with van der Waals surface area (Å²) in [6, 6.07) is 7.48. The number of aliphatic hydroxyl groups is 1. The number of ether oxygens (including phenoxy) is 1. The molecule has 1 aliphatic rings. The summed E-state index contributed by atoms with van der Waals surface area (Å²) in [5.41, 5.74) is -0.127. The topological polar surface area (TPSA) is 32.7 Å². The largest absolute Gasteiger partial charge is 0.497 e. The zero-order chi connectivity index (χ0) is 16.4. The highest BCUT2D eigenvalue weighted by atomic mass is 16.5. The van der Waals surface area contributed by atoms with E-state index in [-0.39, 0.29) is 0 Å². The Bertz CT molecular complexity index is 510. The summed E-state index contributed by atoms with van der Waals surface area (Å²) in [5.74, 6) is 0.289. The van der Waals surface area contributed by atoms with E-state index in [1.54, 1.807) is 26.1 Å². The number of methoxy groups -OCH3 is 1. The van der Waals surface area contributed by atoms with Crippen LogP contribution in [-0.4, -0.2) is 39.1 Å². The van der Waals surface area contributed by atoms with Crippen molar-refractivity contribution < 1.29 is 12.6 Å². The van der Waals surface area contributed by atoms with Crippen molar-refractivity contribution in [1.29, 1.82) is 1.43 Å². The SMILES string of the molecule is [2H]O[C@@]1(c2cccc(OC)c2)CCCC[C@H]1C([2H])([2H])N(C)C. The molecule has 1 aliphatic carbocycles. The monoisotopic (exact) mass is 266 g/mol. The standard InChI is InChI=1S/C16H25NO2/c1-17(2)12-14-7-4-5-10-16(14,18)13-8-6-9-15(11-13)19-3/h6,8-9,11,14,18H,4-5,7,10,12H2,1-3H3/t14-,16+/m0/s1/i12D2,18D. The molecule has 1 saturated carbocycles. The zero-order valence-electron chi connectivity index (χ0n) is 15.0. The first kappa shape index (κ1) is 10.7. The van der Waals surface area contributed by atoms with Crippen LogP contribution < -0.4 is 4.74 Å². The molecule has 0 amide bonds. The molecule has 0 heterocycles. The average molecular weight is 266 g/mol. The van der Waals surface area contributed by atoms with Gasteiger partial charge < -0.3 is 14.7 Å². The van der Waals surface area contributed by atoms with Crippen molar-refractivity contribution in [1.82, 2.24) is 4.90 Å². The highest BCUT2D eigenvalue weighted by Crippen LogP contribution is 2.42. The van der Waals surface area contributed by atoms with Crippen LogP contribution in [0.1, 0.15) is 34.0 Å². The normalized spacial score (nSPS) is 30.5. The molecule has 2 atom stereocenters. The van der Waals surface area contributed by atoms with E-state index in [0.29, 0.717) is 18.6 Å². The van der Waals surface area contributed by atoms with Gasteiger partial charge in [0.2, 0.25) is 1.43 Å². The van der Waals surface area contributed by atoms with Gasteiger partial charge in [0.05, 0.1) is 12.7 Å². The lowest BCUT2D eigenvalue weighted by molar-refractivity contribution is -0.0619. The van der Waals surface area contributed by atoms with Gasteiger partial charge in [0.25, 0.3) is 0 Å². The van der Waals surface area contributed by atoms with Crippen LogP contribution in [0, 0.1) is 5.92 Å². The quantitative estimate of drug-likeness (QED) is 0.889. The maximum atomic E-state index is 8.48. The minimum Gasteiger partial charge on any atom is -0.497 e. The van der Waals surface area contributed by atoms with Gasteiger partial charge in [-0.05, 0) is 44.6 Å². The third kappa shape index (κ3) is 3.10. The van der Waals surface area contributed by atoms with E-state index >= 15 is 0 Å². The molecule has 0 radical (unpaired) electrons. The van der Waals surface area contributed by atoms with Crippen molar-refractivity contribution in [2.75, 3.05) is 27.7 Å². The Morgan fingerprint density at radius 1 is 1.53 bits per heavy atom. The first-order chi connectivity index (χ1) is 10.4. The molecule has 2 rings (SSSR count). The van der Waals surface area contributed by atoms with E-state index in [0.717, 1.165) is 18.4 Å². The molecule has 0 aromatic heterocycles. The van der Waals surface area contributed by atoms with Gasteiger partial charge >= 0.3 is 0 Å². The van der Waals surface area contributed by atoms with Crippen LogP contribution in [0.3, 0.4) is 0 Å². The van der Waals surface area contributed by atoms with Gasteiger partial charge in [-0.2, -0.15) is 0 Å². The lowest BCUT2D eigenvalue weighted by Gasteiger charge is -2.41. The molecule has 0 aliphatic heterocycles. The summed E-state index contributed by atoms with van der Waals surface area (Å²) in [6.45, 7) is -1.55. The van der Waals surface area contributed by atoms with Crippen molar-refractivity contribution in [2.45, 2.75) is 31.3 Å². The second-order valence-corrected chi connectivity index (χ2v) is 5.44. The van der Waals surface area contributed by atoms with E-state index in [2.05, 4.69) is 0 Å².